The number of hydrogen-bond acceptors (Lipinski definition) is 3. The maximum Gasteiger partial charge on any atom is 0.271 e. The standard InChI is InChI=1S/C17H20ClN3O2/c1-2-3-11-21-16(22)8-7-15(20-21)17(23)19-10-9-13-5-4-6-14(18)12-13/h4-8,12H,2-3,9-11H2,1H3,(H,19,23). The molecule has 1 aromatic carbocycles. The number of halogens is 1. The van der Waals surface area contributed by atoms with Gasteiger partial charge in [-0.25, -0.2) is 4.68 Å². The van der Waals surface area contributed by atoms with Crippen molar-refractivity contribution >= 4 is 17.5 Å². The molecule has 0 saturated carbocycles. The van der Waals surface area contributed by atoms with Crippen molar-refractivity contribution in [2.24, 2.45) is 0 Å². The van der Waals surface area contributed by atoms with E-state index in [0.717, 1.165) is 18.4 Å². The summed E-state index contributed by atoms with van der Waals surface area (Å²) >= 11 is 5.93. The molecule has 0 atom stereocenters. The summed E-state index contributed by atoms with van der Waals surface area (Å²) < 4.78 is 1.34. The van der Waals surface area contributed by atoms with Gasteiger partial charge < -0.3 is 5.32 Å². The summed E-state index contributed by atoms with van der Waals surface area (Å²) in [6.45, 7) is 3.05. The van der Waals surface area contributed by atoms with Gasteiger partial charge in [0.2, 0.25) is 0 Å². The molecule has 1 N–H and O–H groups in total. The van der Waals surface area contributed by atoms with Gasteiger partial charge in [-0.2, -0.15) is 5.10 Å². The lowest BCUT2D eigenvalue weighted by Gasteiger charge is -2.07. The molecule has 1 aromatic heterocycles. The molecular formula is C17H20ClN3O2. The Bertz CT molecular complexity index is 728. The van der Waals surface area contributed by atoms with Crippen LogP contribution in [0.2, 0.25) is 5.02 Å². The second kappa shape index (κ2) is 8.48. The lowest BCUT2D eigenvalue weighted by Crippen LogP contribution is -2.30. The molecule has 0 spiro atoms. The Morgan fingerprint density at radius 1 is 1.30 bits per heavy atom. The van der Waals surface area contributed by atoms with Crippen LogP contribution in [-0.4, -0.2) is 22.2 Å². The van der Waals surface area contributed by atoms with Crippen molar-refractivity contribution in [2.75, 3.05) is 6.54 Å². The number of unbranched alkanes of at least 4 members (excludes halogenated alkanes) is 1. The number of nitrogens with one attached hydrogen (secondary N) is 1. The Hall–Kier alpha value is -2.14. The molecule has 6 heteroatoms. The van der Waals surface area contributed by atoms with Gasteiger partial charge in [0.05, 0.1) is 0 Å². The van der Waals surface area contributed by atoms with Gasteiger partial charge in [-0.1, -0.05) is 37.1 Å². The fourth-order valence-electron chi connectivity index (χ4n) is 2.14. The monoisotopic (exact) mass is 333 g/mol. The summed E-state index contributed by atoms with van der Waals surface area (Å²) in [5, 5.41) is 7.61. The average Bonchev–Trinajstić information content (AvgIpc) is 2.54. The molecule has 0 saturated heterocycles. The zero-order chi connectivity index (χ0) is 16.7. The number of aromatic nitrogens is 2. The Kier molecular flexibility index (Phi) is 6.35. The van der Waals surface area contributed by atoms with Crippen LogP contribution in [0.15, 0.2) is 41.2 Å². The SMILES string of the molecule is CCCCn1nc(C(=O)NCCc2cccc(Cl)c2)ccc1=O. The van der Waals surface area contributed by atoms with Gasteiger partial charge >= 0.3 is 0 Å². The van der Waals surface area contributed by atoms with Crippen LogP contribution in [0.1, 0.15) is 35.8 Å². The third-order valence-corrected chi connectivity index (χ3v) is 3.65. The Morgan fingerprint density at radius 2 is 2.13 bits per heavy atom. The van der Waals surface area contributed by atoms with E-state index < -0.39 is 0 Å². The second-order valence-electron chi connectivity index (χ2n) is 5.27. The quantitative estimate of drug-likeness (QED) is 0.847. The van der Waals surface area contributed by atoms with Crippen LogP contribution in [0.4, 0.5) is 0 Å². The highest BCUT2D eigenvalue weighted by Crippen LogP contribution is 2.10. The first-order chi connectivity index (χ1) is 11.1. The molecule has 0 fully saturated rings. The van der Waals surface area contributed by atoms with Crippen molar-refractivity contribution < 1.29 is 4.79 Å². The maximum atomic E-state index is 12.1. The van der Waals surface area contributed by atoms with Crippen LogP contribution < -0.4 is 10.9 Å². The highest BCUT2D eigenvalue weighted by Gasteiger charge is 2.09. The summed E-state index contributed by atoms with van der Waals surface area (Å²) in [6.07, 6.45) is 2.50. The van der Waals surface area contributed by atoms with E-state index in [9.17, 15) is 9.59 Å². The van der Waals surface area contributed by atoms with E-state index in [1.807, 2.05) is 31.2 Å². The number of carbonyl (C=O) groups excluding carboxylic acids is 1. The number of carbonyl (C=O) groups is 1. The van der Waals surface area contributed by atoms with Gasteiger partial charge in [0.15, 0.2) is 0 Å². The van der Waals surface area contributed by atoms with E-state index in [1.54, 1.807) is 0 Å². The van der Waals surface area contributed by atoms with Crippen molar-refractivity contribution in [1.82, 2.24) is 15.1 Å². The summed E-state index contributed by atoms with van der Waals surface area (Å²) in [7, 11) is 0. The summed E-state index contributed by atoms with van der Waals surface area (Å²) in [5.41, 5.74) is 1.12. The zero-order valence-corrected chi connectivity index (χ0v) is 13.8. The first-order valence-corrected chi connectivity index (χ1v) is 8.08. The van der Waals surface area contributed by atoms with Crippen LogP contribution in [0.3, 0.4) is 0 Å². The van der Waals surface area contributed by atoms with Crippen LogP contribution in [-0.2, 0) is 13.0 Å². The molecule has 1 heterocycles. The third kappa shape index (κ3) is 5.21. The average molecular weight is 334 g/mol. The van der Waals surface area contributed by atoms with Crippen molar-refractivity contribution in [3.63, 3.8) is 0 Å². The Labute approximate surface area is 140 Å². The van der Waals surface area contributed by atoms with E-state index in [0.29, 0.717) is 24.5 Å². The molecule has 0 aliphatic heterocycles. The minimum atomic E-state index is -0.280. The third-order valence-electron chi connectivity index (χ3n) is 3.41. The summed E-state index contributed by atoms with van der Waals surface area (Å²) in [5.74, 6) is -0.280. The molecule has 0 aliphatic carbocycles. The van der Waals surface area contributed by atoms with Crippen LogP contribution in [0, 0.1) is 0 Å². The van der Waals surface area contributed by atoms with Crippen molar-refractivity contribution in [1.29, 1.82) is 0 Å². The minimum absolute atomic E-state index is 0.186. The summed E-state index contributed by atoms with van der Waals surface area (Å²) in [4.78, 5) is 23.8. The predicted octanol–water partition coefficient (Wildman–Crippen LogP) is 2.67. The van der Waals surface area contributed by atoms with E-state index in [2.05, 4.69) is 10.4 Å². The van der Waals surface area contributed by atoms with E-state index in [1.165, 1.54) is 16.8 Å². The first kappa shape index (κ1) is 17.2. The maximum absolute atomic E-state index is 12.1. The van der Waals surface area contributed by atoms with Gasteiger partial charge in [0.1, 0.15) is 5.69 Å². The molecule has 1 amide bonds. The zero-order valence-electron chi connectivity index (χ0n) is 13.1. The first-order valence-electron chi connectivity index (χ1n) is 7.71. The van der Waals surface area contributed by atoms with Gasteiger partial charge in [-0.3, -0.25) is 9.59 Å². The molecule has 2 aromatic rings. The predicted molar refractivity (Wildman–Crippen MR) is 90.9 cm³/mol. The molecule has 5 nitrogen and oxygen atoms in total. The fraction of sp³-hybridized carbons (Fsp3) is 0.353. The molecule has 2 rings (SSSR count). The van der Waals surface area contributed by atoms with Crippen molar-refractivity contribution in [3.05, 3.63) is 63.0 Å². The number of benzene rings is 1. The smallest absolute Gasteiger partial charge is 0.271 e. The largest absolute Gasteiger partial charge is 0.350 e. The van der Waals surface area contributed by atoms with E-state index in [4.69, 9.17) is 11.6 Å². The Morgan fingerprint density at radius 3 is 2.87 bits per heavy atom. The lowest BCUT2D eigenvalue weighted by molar-refractivity contribution is 0.0946. The fourth-order valence-corrected chi connectivity index (χ4v) is 2.35. The van der Waals surface area contributed by atoms with Crippen molar-refractivity contribution in [3.8, 4) is 0 Å². The summed E-state index contributed by atoms with van der Waals surface area (Å²) in [6, 6.07) is 10.4. The lowest BCUT2D eigenvalue weighted by atomic mass is 10.1. The van der Waals surface area contributed by atoms with Crippen LogP contribution >= 0.6 is 11.6 Å². The normalized spacial score (nSPS) is 10.5. The highest BCUT2D eigenvalue weighted by atomic mass is 35.5. The number of rotatable bonds is 7. The van der Waals surface area contributed by atoms with E-state index >= 15 is 0 Å². The van der Waals surface area contributed by atoms with Gasteiger partial charge in [-0.15, -0.1) is 0 Å². The number of amides is 1. The molecule has 122 valence electrons. The molecular weight excluding hydrogens is 314 g/mol. The second-order valence-corrected chi connectivity index (χ2v) is 5.71. The van der Waals surface area contributed by atoms with Crippen LogP contribution in [0.25, 0.3) is 0 Å². The van der Waals surface area contributed by atoms with Crippen molar-refractivity contribution in [2.45, 2.75) is 32.7 Å². The molecule has 0 aliphatic rings. The minimum Gasteiger partial charge on any atom is -0.350 e. The van der Waals surface area contributed by atoms with Crippen LogP contribution in [0.5, 0.6) is 0 Å². The van der Waals surface area contributed by atoms with E-state index in [-0.39, 0.29) is 17.2 Å². The number of nitrogens with zero attached hydrogens (tertiary/aromatic N) is 2. The molecule has 0 radical (unpaired) electrons. The Balaban J connectivity index is 1.94. The highest BCUT2D eigenvalue weighted by molar-refractivity contribution is 6.30. The topological polar surface area (TPSA) is 64.0 Å². The molecule has 0 bridgehead atoms. The molecule has 23 heavy (non-hydrogen) atoms. The number of aryl methyl sites for hydroxylation is 1. The van der Waals surface area contributed by atoms with Gasteiger partial charge in [-0.05, 0) is 36.6 Å². The molecule has 0 unspecified atom stereocenters. The van der Waals surface area contributed by atoms with Gasteiger partial charge in [0, 0.05) is 24.2 Å². The number of hydrogen-bond donors (Lipinski definition) is 1. The van der Waals surface area contributed by atoms with Gasteiger partial charge in [0.25, 0.3) is 11.5 Å².